The van der Waals surface area contributed by atoms with E-state index in [1.807, 2.05) is 19.1 Å². The maximum atomic E-state index is 13.9. The van der Waals surface area contributed by atoms with Crippen LogP contribution in [0.15, 0.2) is 60.2 Å². The monoisotopic (exact) mass is 348 g/mol. The molecule has 1 aliphatic carbocycles. The van der Waals surface area contributed by atoms with E-state index in [1.165, 1.54) is 0 Å². The summed E-state index contributed by atoms with van der Waals surface area (Å²) in [6, 6.07) is 13.8. The van der Waals surface area contributed by atoms with Gasteiger partial charge in [-0.3, -0.25) is 0 Å². The highest BCUT2D eigenvalue weighted by Gasteiger charge is 2.40. The zero-order valence-electron chi connectivity index (χ0n) is 13.1. The van der Waals surface area contributed by atoms with Crippen molar-refractivity contribution in [2.45, 2.75) is 25.9 Å². The molecule has 0 spiro atoms. The van der Waals surface area contributed by atoms with Gasteiger partial charge >= 0.3 is 6.18 Å². The summed E-state index contributed by atoms with van der Waals surface area (Å²) in [6.45, 7) is 1.91. The molecule has 124 valence electrons. The maximum Gasteiger partial charge on any atom is 0.417 e. The van der Waals surface area contributed by atoms with Crippen LogP contribution in [0.25, 0.3) is 11.1 Å². The molecular weight excluding hydrogens is 333 g/mol. The van der Waals surface area contributed by atoms with Gasteiger partial charge in [0.25, 0.3) is 0 Å². The van der Waals surface area contributed by atoms with Crippen LogP contribution in [-0.2, 0) is 0 Å². The summed E-state index contributed by atoms with van der Waals surface area (Å²) in [5.74, 6) is 0. The van der Waals surface area contributed by atoms with Crippen LogP contribution < -0.4 is 0 Å². The number of aryl methyl sites for hydroxylation is 1. The molecule has 0 saturated carbocycles. The van der Waals surface area contributed by atoms with Gasteiger partial charge in [-0.1, -0.05) is 59.6 Å². The molecule has 2 aromatic carbocycles. The third-order valence-corrected chi connectivity index (χ3v) is 4.37. The summed E-state index contributed by atoms with van der Waals surface area (Å²) in [5, 5.41) is 0.438. The zero-order valence-corrected chi connectivity index (χ0v) is 13.9. The van der Waals surface area contributed by atoms with E-state index in [2.05, 4.69) is 0 Å². The second kappa shape index (κ2) is 6.48. The van der Waals surface area contributed by atoms with Crippen molar-refractivity contribution >= 4 is 22.7 Å². The Bertz CT molecular complexity index is 812. The minimum Gasteiger partial charge on any atom is -0.166 e. The van der Waals surface area contributed by atoms with Crippen molar-refractivity contribution in [3.05, 3.63) is 81.9 Å². The Kier molecular flexibility index (Phi) is 4.55. The van der Waals surface area contributed by atoms with Crippen molar-refractivity contribution in [2.24, 2.45) is 0 Å². The first-order chi connectivity index (χ1) is 11.4. The Morgan fingerprint density at radius 1 is 0.958 bits per heavy atom. The molecule has 2 aromatic rings. The number of hydrogen-bond donors (Lipinski definition) is 0. The first-order valence-electron chi connectivity index (χ1n) is 7.70. The predicted octanol–water partition coefficient (Wildman–Crippen LogP) is 6.84. The van der Waals surface area contributed by atoms with Gasteiger partial charge in [0.05, 0.1) is 5.57 Å². The van der Waals surface area contributed by atoms with Gasteiger partial charge in [-0.15, -0.1) is 0 Å². The summed E-state index contributed by atoms with van der Waals surface area (Å²) in [7, 11) is 0. The fourth-order valence-corrected chi connectivity index (χ4v) is 3.22. The molecule has 0 atom stereocenters. The highest BCUT2D eigenvalue weighted by molar-refractivity contribution is 6.30. The SMILES string of the molecule is Cc1ccc(C2=CCCC(c3cccc(Cl)c3)=C2C(F)(F)F)cc1. The van der Waals surface area contributed by atoms with Crippen LogP contribution in [0.2, 0.25) is 5.02 Å². The van der Waals surface area contributed by atoms with Gasteiger partial charge in [0.15, 0.2) is 0 Å². The van der Waals surface area contributed by atoms with Gasteiger partial charge in [0.1, 0.15) is 0 Å². The van der Waals surface area contributed by atoms with Crippen LogP contribution in [-0.4, -0.2) is 6.18 Å². The van der Waals surface area contributed by atoms with Gasteiger partial charge in [-0.25, -0.2) is 0 Å². The van der Waals surface area contributed by atoms with E-state index in [0.717, 1.165) is 5.56 Å². The van der Waals surface area contributed by atoms with E-state index in [9.17, 15) is 13.2 Å². The molecule has 0 radical (unpaired) electrons. The number of rotatable bonds is 2. The van der Waals surface area contributed by atoms with E-state index in [4.69, 9.17) is 11.6 Å². The average Bonchev–Trinajstić information content (AvgIpc) is 2.54. The standard InChI is InChI=1S/C20H16ClF3/c1-13-8-10-14(11-9-13)17-6-3-7-18(19(17)20(22,23)24)15-4-2-5-16(21)12-15/h2,4-6,8-12H,3,7H2,1H3. The fourth-order valence-electron chi connectivity index (χ4n) is 3.03. The second-order valence-corrected chi connectivity index (χ2v) is 6.32. The molecule has 0 fully saturated rings. The largest absolute Gasteiger partial charge is 0.417 e. The molecule has 0 saturated heterocycles. The third kappa shape index (κ3) is 3.41. The quantitative estimate of drug-likeness (QED) is 0.557. The lowest BCUT2D eigenvalue weighted by Gasteiger charge is -2.25. The van der Waals surface area contributed by atoms with Gasteiger partial charge in [0.2, 0.25) is 0 Å². The minimum absolute atomic E-state index is 0.253. The fraction of sp³-hybridized carbons (Fsp3) is 0.200. The number of alkyl halides is 3. The Labute approximate surface area is 144 Å². The number of hydrogen-bond acceptors (Lipinski definition) is 0. The highest BCUT2D eigenvalue weighted by atomic mass is 35.5. The lowest BCUT2D eigenvalue weighted by Crippen LogP contribution is -2.18. The topological polar surface area (TPSA) is 0 Å². The second-order valence-electron chi connectivity index (χ2n) is 5.88. The minimum atomic E-state index is -4.42. The maximum absolute atomic E-state index is 13.9. The lowest BCUT2D eigenvalue weighted by molar-refractivity contribution is -0.0867. The molecule has 0 bridgehead atoms. The normalized spacial score (nSPS) is 15.5. The van der Waals surface area contributed by atoms with Crippen molar-refractivity contribution in [3.8, 4) is 0 Å². The number of halogens is 4. The molecule has 0 heterocycles. The van der Waals surface area contributed by atoms with Crippen molar-refractivity contribution in [1.82, 2.24) is 0 Å². The highest BCUT2D eigenvalue weighted by Crippen LogP contribution is 2.45. The van der Waals surface area contributed by atoms with E-state index in [-0.39, 0.29) is 5.57 Å². The molecule has 4 heteroatoms. The van der Waals surface area contributed by atoms with Gasteiger partial charge < -0.3 is 0 Å². The van der Waals surface area contributed by atoms with E-state index < -0.39 is 11.7 Å². The van der Waals surface area contributed by atoms with Crippen molar-refractivity contribution in [1.29, 1.82) is 0 Å². The third-order valence-electron chi connectivity index (χ3n) is 4.13. The van der Waals surface area contributed by atoms with Crippen LogP contribution in [0.4, 0.5) is 13.2 Å². The predicted molar refractivity (Wildman–Crippen MR) is 92.8 cm³/mol. The molecule has 0 nitrogen and oxygen atoms in total. The van der Waals surface area contributed by atoms with Gasteiger partial charge in [-0.2, -0.15) is 13.2 Å². The van der Waals surface area contributed by atoms with E-state index >= 15 is 0 Å². The summed E-state index contributed by atoms with van der Waals surface area (Å²) >= 11 is 5.98. The zero-order chi connectivity index (χ0) is 17.3. The first-order valence-corrected chi connectivity index (χ1v) is 8.08. The van der Waals surface area contributed by atoms with Gasteiger partial charge in [-0.05, 0) is 54.2 Å². The van der Waals surface area contributed by atoms with E-state index in [1.54, 1.807) is 42.5 Å². The molecule has 0 amide bonds. The van der Waals surface area contributed by atoms with Crippen molar-refractivity contribution in [3.63, 3.8) is 0 Å². The summed E-state index contributed by atoms with van der Waals surface area (Å²) in [5.41, 5.74) is 2.15. The van der Waals surface area contributed by atoms with Crippen LogP contribution >= 0.6 is 11.6 Å². The Morgan fingerprint density at radius 3 is 2.29 bits per heavy atom. The van der Waals surface area contributed by atoms with Crippen LogP contribution in [0.1, 0.15) is 29.5 Å². The lowest BCUT2D eigenvalue weighted by atomic mass is 9.83. The van der Waals surface area contributed by atoms with Crippen molar-refractivity contribution in [2.75, 3.05) is 0 Å². The van der Waals surface area contributed by atoms with E-state index in [0.29, 0.717) is 34.6 Å². The Morgan fingerprint density at radius 2 is 1.67 bits per heavy atom. The van der Waals surface area contributed by atoms with Crippen molar-refractivity contribution < 1.29 is 13.2 Å². The van der Waals surface area contributed by atoms with Gasteiger partial charge in [0, 0.05) is 5.02 Å². The molecule has 0 unspecified atom stereocenters. The summed E-state index contributed by atoms with van der Waals surface area (Å²) in [6.07, 6.45) is -1.81. The average molecular weight is 349 g/mol. The summed E-state index contributed by atoms with van der Waals surface area (Å²) < 4.78 is 41.6. The molecule has 0 aromatic heterocycles. The van der Waals surface area contributed by atoms with Crippen LogP contribution in [0, 0.1) is 6.92 Å². The Balaban J connectivity index is 2.19. The number of allylic oxidation sites excluding steroid dienone is 4. The number of benzene rings is 2. The molecule has 0 aliphatic heterocycles. The molecular formula is C20H16ClF3. The summed E-state index contributed by atoms with van der Waals surface area (Å²) in [4.78, 5) is 0. The first kappa shape index (κ1) is 16.8. The molecule has 1 aliphatic rings. The Hall–Kier alpha value is -2.00. The molecule has 3 rings (SSSR count). The van der Waals surface area contributed by atoms with Crippen LogP contribution in [0.5, 0.6) is 0 Å². The molecule has 24 heavy (non-hydrogen) atoms. The van der Waals surface area contributed by atoms with Crippen LogP contribution in [0.3, 0.4) is 0 Å². The molecule has 0 N–H and O–H groups in total. The smallest absolute Gasteiger partial charge is 0.166 e.